The molecule has 0 atom stereocenters. The largest absolute Gasteiger partial charge is 2.00 e. The Morgan fingerprint density at radius 3 is 0.444 bits per heavy atom. The summed E-state index contributed by atoms with van der Waals surface area (Å²) in [5.41, 5.74) is 0. The molecule has 0 bridgehead atoms. The molecular weight excluding hydrogens is 361 g/mol. The van der Waals surface area contributed by atoms with Crippen LogP contribution in [0.2, 0.25) is 0 Å². The summed E-state index contributed by atoms with van der Waals surface area (Å²) >= 11 is 0. The average molecular weight is 361 g/mol. The summed E-state index contributed by atoms with van der Waals surface area (Å²) in [7, 11) is 0. The third-order valence-corrected chi connectivity index (χ3v) is 0. The Hall–Kier alpha value is -0.875. The molecule has 0 heterocycles. The van der Waals surface area contributed by atoms with Gasteiger partial charge in [-0.2, -0.15) is 0 Å². The van der Waals surface area contributed by atoms with Crippen LogP contribution in [-0.4, -0.2) is 0 Å². The van der Waals surface area contributed by atoms with E-state index in [1.165, 1.54) is 0 Å². The van der Waals surface area contributed by atoms with E-state index in [-0.39, 0.29) is 85.5 Å². The van der Waals surface area contributed by atoms with Crippen molar-refractivity contribution < 1.29 is 111 Å². The van der Waals surface area contributed by atoms with Crippen molar-refractivity contribution >= 4 is 0 Å². The fourth-order valence-electron chi connectivity index (χ4n) is 0. The standard InChI is InChI=1S/5CHNO.2Fe.K/c5*2-1-3;;;/h5*3H;;;/q;;;;;2*+2;+1/p-5. The van der Waals surface area contributed by atoms with Gasteiger partial charge in [-0.15, -0.1) is 0 Å². The molecule has 0 amide bonds. The molecular formula is C5Fe2KN5O5. The van der Waals surface area contributed by atoms with E-state index in [0.29, 0.717) is 31.3 Å². The van der Waals surface area contributed by atoms with Crippen LogP contribution in [0.4, 0.5) is 0 Å². The minimum Gasteiger partial charge on any atom is -0.812 e. The Kier molecular flexibility index (Phi) is 644. The van der Waals surface area contributed by atoms with Crippen LogP contribution in [0.25, 0.3) is 0 Å². The van der Waals surface area contributed by atoms with Crippen molar-refractivity contribution in [2.75, 3.05) is 0 Å². The van der Waals surface area contributed by atoms with Gasteiger partial charge in [0.05, 0.1) is 0 Å². The topological polar surface area (TPSA) is 234 Å². The maximum absolute atomic E-state index is 8.24. The Balaban J connectivity index is -0.0000000111. The van der Waals surface area contributed by atoms with Crippen molar-refractivity contribution in [1.82, 2.24) is 0 Å². The maximum atomic E-state index is 8.24. The Bertz CT molecular complexity index is 215. The number of nitrogens with zero attached hydrogens (tertiary/aromatic N) is 5. The third-order valence-electron chi connectivity index (χ3n) is 0. The second kappa shape index (κ2) is 217. The number of nitriles is 5. The van der Waals surface area contributed by atoms with Gasteiger partial charge in [-0.3, -0.25) is 0 Å². The molecule has 0 N–H and O–H groups in total. The molecule has 0 aliphatic carbocycles. The van der Waals surface area contributed by atoms with E-state index >= 15 is 0 Å². The van der Waals surface area contributed by atoms with Crippen LogP contribution >= 0.6 is 0 Å². The maximum Gasteiger partial charge on any atom is 2.00 e. The summed E-state index contributed by atoms with van der Waals surface area (Å²) in [6.07, 6.45) is 2.50. The van der Waals surface area contributed by atoms with Gasteiger partial charge in [0, 0.05) is 31.3 Å². The molecule has 0 aliphatic heterocycles. The fourth-order valence-corrected chi connectivity index (χ4v) is 0. The van der Waals surface area contributed by atoms with Gasteiger partial charge in [0.2, 0.25) is 0 Å². The van der Waals surface area contributed by atoms with Gasteiger partial charge in [-0.25, -0.2) is 26.3 Å². The smallest absolute Gasteiger partial charge is 0.812 e. The molecule has 0 rings (SSSR count). The Morgan fingerprint density at radius 2 is 0.444 bits per heavy atom. The van der Waals surface area contributed by atoms with Crippen molar-refractivity contribution in [3.05, 3.63) is 0 Å². The summed E-state index contributed by atoms with van der Waals surface area (Å²) in [4.78, 5) is 0. The van der Waals surface area contributed by atoms with E-state index in [2.05, 4.69) is 0 Å². The van der Waals surface area contributed by atoms with Gasteiger partial charge >= 0.3 is 85.5 Å². The molecule has 0 saturated heterocycles. The molecule has 0 aromatic rings. The molecule has 0 aromatic carbocycles. The summed E-state index contributed by atoms with van der Waals surface area (Å²) < 4.78 is 0. The third kappa shape index (κ3) is 3940. The molecule has 13 heteroatoms. The normalized spacial score (nSPS) is 1.94. The first-order chi connectivity index (χ1) is 7.07. The van der Waals surface area contributed by atoms with Crippen LogP contribution in [0, 0.1) is 57.6 Å². The molecule has 92 valence electrons. The number of hydrogen-bond acceptors (Lipinski definition) is 10. The van der Waals surface area contributed by atoms with Crippen LogP contribution in [0.1, 0.15) is 0 Å². The van der Waals surface area contributed by atoms with Crippen LogP contribution < -0.4 is 76.9 Å². The van der Waals surface area contributed by atoms with Gasteiger partial charge in [-0.05, 0) is 0 Å². The van der Waals surface area contributed by atoms with Crippen molar-refractivity contribution in [3.63, 3.8) is 0 Å². The van der Waals surface area contributed by atoms with Crippen LogP contribution in [-0.2, 0) is 34.1 Å². The zero-order valence-electron chi connectivity index (χ0n) is 8.48. The van der Waals surface area contributed by atoms with Crippen LogP contribution in [0.5, 0.6) is 0 Å². The minimum absolute atomic E-state index is 0. The number of hydrogen-bond donors (Lipinski definition) is 0. The van der Waals surface area contributed by atoms with E-state index in [0.717, 1.165) is 0 Å². The summed E-state index contributed by atoms with van der Waals surface area (Å²) in [5, 5.41) is 75.0. The summed E-state index contributed by atoms with van der Waals surface area (Å²) in [5.74, 6) is 0. The van der Waals surface area contributed by atoms with E-state index in [9.17, 15) is 0 Å². The number of rotatable bonds is 0. The monoisotopic (exact) mass is 361 g/mol. The molecule has 0 saturated carbocycles. The second-order valence-electron chi connectivity index (χ2n) is 0.456. The summed E-state index contributed by atoms with van der Waals surface area (Å²) in [6.45, 7) is 0. The fraction of sp³-hybridized carbons (Fsp3) is 0. The zero-order chi connectivity index (χ0) is 13.5. The quantitative estimate of drug-likeness (QED) is 0.292. The molecule has 0 radical (unpaired) electrons. The molecule has 10 nitrogen and oxygen atoms in total. The van der Waals surface area contributed by atoms with Crippen molar-refractivity contribution in [3.8, 4) is 31.3 Å². The van der Waals surface area contributed by atoms with Gasteiger partial charge in [0.15, 0.2) is 0 Å². The van der Waals surface area contributed by atoms with E-state index in [1.807, 2.05) is 0 Å². The van der Waals surface area contributed by atoms with Crippen molar-refractivity contribution in [2.24, 2.45) is 0 Å². The first kappa shape index (κ1) is 53.5. The molecule has 0 spiro atoms. The Labute approximate surface area is 166 Å². The Morgan fingerprint density at radius 1 is 0.444 bits per heavy atom. The first-order valence-electron chi connectivity index (χ1n) is 2.14. The predicted molar refractivity (Wildman–Crippen MR) is 28.1 cm³/mol. The van der Waals surface area contributed by atoms with E-state index < -0.39 is 0 Å². The van der Waals surface area contributed by atoms with Crippen LogP contribution in [0.15, 0.2) is 0 Å². The minimum atomic E-state index is 0. The average Bonchev–Trinajstić information content (AvgIpc) is 2.09. The van der Waals surface area contributed by atoms with Crippen molar-refractivity contribution in [2.45, 2.75) is 0 Å². The molecule has 0 aliphatic rings. The molecule has 0 unspecified atom stereocenters. The van der Waals surface area contributed by atoms with Gasteiger partial charge in [0.25, 0.3) is 0 Å². The van der Waals surface area contributed by atoms with Crippen molar-refractivity contribution in [1.29, 1.82) is 26.3 Å². The van der Waals surface area contributed by atoms with Crippen LogP contribution in [0.3, 0.4) is 0 Å². The SMILES string of the molecule is N#C[O-].N#C[O-].N#C[O-].N#C[O-].N#C[O-].[Fe+2].[Fe+2].[K+]. The van der Waals surface area contributed by atoms with E-state index in [1.54, 1.807) is 0 Å². The first-order valence-corrected chi connectivity index (χ1v) is 2.14. The van der Waals surface area contributed by atoms with Gasteiger partial charge in [0.1, 0.15) is 0 Å². The van der Waals surface area contributed by atoms with Gasteiger partial charge in [-0.1, -0.05) is 0 Å². The molecule has 18 heavy (non-hydrogen) atoms. The molecule has 0 aromatic heterocycles. The summed E-state index contributed by atoms with van der Waals surface area (Å²) in [6, 6.07) is 0. The zero-order valence-corrected chi connectivity index (χ0v) is 13.8. The van der Waals surface area contributed by atoms with E-state index in [4.69, 9.17) is 51.8 Å². The second-order valence-corrected chi connectivity index (χ2v) is 0.456. The molecule has 0 fully saturated rings. The predicted octanol–water partition coefficient (Wildman–Crippen LogP) is -8.86. The van der Waals surface area contributed by atoms with Gasteiger partial charge < -0.3 is 25.5 Å².